The minimum atomic E-state index is -0.243. The molecule has 0 atom stereocenters. The molecule has 1 aromatic carbocycles. The molecule has 0 aromatic heterocycles. The summed E-state index contributed by atoms with van der Waals surface area (Å²) in [6.45, 7) is 0. The summed E-state index contributed by atoms with van der Waals surface area (Å²) < 4.78 is 13.2. The fraction of sp³-hybridized carbons (Fsp3) is 0.462. The van der Waals surface area contributed by atoms with Gasteiger partial charge in [0.05, 0.1) is 11.1 Å². The smallest absolute Gasteiger partial charge is 0.231 e. The van der Waals surface area contributed by atoms with E-state index in [9.17, 15) is 9.18 Å². The first-order valence-electron chi connectivity index (χ1n) is 5.93. The van der Waals surface area contributed by atoms with Crippen molar-refractivity contribution in [2.24, 2.45) is 5.41 Å². The van der Waals surface area contributed by atoms with Crippen LogP contribution >= 0.6 is 11.8 Å². The second-order valence-electron chi connectivity index (χ2n) is 4.87. The van der Waals surface area contributed by atoms with E-state index < -0.39 is 0 Å². The van der Waals surface area contributed by atoms with Gasteiger partial charge in [-0.3, -0.25) is 4.79 Å². The number of carbonyl (C=O) groups excluding carboxylic acids is 1. The fourth-order valence-corrected chi connectivity index (χ4v) is 4.00. The van der Waals surface area contributed by atoms with E-state index in [0.717, 1.165) is 42.0 Å². The molecule has 2 aliphatic rings. The van der Waals surface area contributed by atoms with Gasteiger partial charge in [0, 0.05) is 10.6 Å². The number of hydrogen-bond acceptors (Lipinski definition) is 2. The summed E-state index contributed by atoms with van der Waals surface area (Å²) in [5, 5.41) is 2.96. The third kappa shape index (κ3) is 1.84. The van der Waals surface area contributed by atoms with Crippen molar-refractivity contribution in [3.8, 4) is 0 Å². The Morgan fingerprint density at radius 3 is 2.82 bits per heavy atom. The topological polar surface area (TPSA) is 29.1 Å². The zero-order valence-electron chi connectivity index (χ0n) is 9.46. The van der Waals surface area contributed by atoms with Crippen LogP contribution in [0.5, 0.6) is 0 Å². The number of benzene rings is 1. The molecular formula is C13H14FNOS. The number of nitrogens with one attached hydrogen (secondary N) is 1. The first-order valence-corrected chi connectivity index (χ1v) is 6.92. The van der Waals surface area contributed by atoms with Crippen molar-refractivity contribution in [3.05, 3.63) is 24.0 Å². The lowest BCUT2D eigenvalue weighted by Gasteiger charge is -2.24. The standard InChI is InChI=1S/C13H14FNOS/c14-9-3-4-10-11(7-9)17-8-13(12(16)15-10)5-1-2-6-13/h3-4,7H,1-2,5-6,8H2,(H,15,16). The number of carbonyl (C=O) groups is 1. The Balaban J connectivity index is 1.96. The molecule has 3 rings (SSSR count). The Hall–Kier alpha value is -1.03. The van der Waals surface area contributed by atoms with Gasteiger partial charge < -0.3 is 5.32 Å². The molecule has 1 heterocycles. The lowest BCUT2D eigenvalue weighted by molar-refractivity contribution is -0.124. The highest BCUT2D eigenvalue weighted by Crippen LogP contribution is 2.46. The predicted molar refractivity (Wildman–Crippen MR) is 66.7 cm³/mol. The fourth-order valence-electron chi connectivity index (χ4n) is 2.68. The summed E-state index contributed by atoms with van der Waals surface area (Å²) in [4.78, 5) is 13.1. The van der Waals surface area contributed by atoms with Crippen LogP contribution in [0.15, 0.2) is 23.1 Å². The van der Waals surface area contributed by atoms with E-state index in [0.29, 0.717) is 0 Å². The summed E-state index contributed by atoms with van der Waals surface area (Å²) in [5.41, 5.74) is 0.533. The first-order chi connectivity index (χ1) is 8.20. The molecule has 17 heavy (non-hydrogen) atoms. The third-order valence-corrected chi connectivity index (χ3v) is 5.08. The summed E-state index contributed by atoms with van der Waals surface area (Å²) in [5.74, 6) is 0.649. The van der Waals surface area contributed by atoms with Crippen molar-refractivity contribution in [1.29, 1.82) is 0 Å². The van der Waals surface area contributed by atoms with Gasteiger partial charge in [0.15, 0.2) is 0 Å². The van der Waals surface area contributed by atoms with Crippen molar-refractivity contribution in [2.75, 3.05) is 11.1 Å². The Labute approximate surface area is 104 Å². The average molecular weight is 251 g/mol. The van der Waals surface area contributed by atoms with Gasteiger partial charge in [-0.25, -0.2) is 4.39 Å². The second-order valence-corrected chi connectivity index (χ2v) is 5.89. The van der Waals surface area contributed by atoms with Crippen LogP contribution < -0.4 is 5.32 Å². The maximum absolute atomic E-state index is 13.2. The third-order valence-electron chi connectivity index (χ3n) is 3.74. The molecule has 1 spiro atoms. The van der Waals surface area contributed by atoms with E-state index in [1.165, 1.54) is 12.1 Å². The molecule has 1 amide bonds. The molecule has 0 unspecified atom stereocenters. The number of rotatable bonds is 0. The van der Waals surface area contributed by atoms with Crippen molar-refractivity contribution >= 4 is 23.4 Å². The second kappa shape index (κ2) is 4.02. The summed E-state index contributed by atoms with van der Waals surface area (Å²) >= 11 is 1.60. The summed E-state index contributed by atoms with van der Waals surface area (Å²) in [6, 6.07) is 4.56. The molecule has 1 aliphatic carbocycles. The highest BCUT2D eigenvalue weighted by atomic mass is 32.2. The Morgan fingerprint density at radius 1 is 1.29 bits per heavy atom. The quantitative estimate of drug-likeness (QED) is 0.765. The molecule has 4 heteroatoms. The number of fused-ring (bicyclic) bond motifs is 1. The van der Waals surface area contributed by atoms with Crippen LogP contribution in [0.3, 0.4) is 0 Å². The summed E-state index contributed by atoms with van der Waals surface area (Å²) in [6.07, 6.45) is 4.17. The molecule has 0 saturated heterocycles. The molecule has 90 valence electrons. The van der Waals surface area contributed by atoms with Crippen LogP contribution in [0.2, 0.25) is 0 Å². The van der Waals surface area contributed by atoms with Gasteiger partial charge in [0.25, 0.3) is 0 Å². The van der Waals surface area contributed by atoms with Gasteiger partial charge in [0.1, 0.15) is 5.82 Å². The van der Waals surface area contributed by atoms with Crippen LogP contribution in [0.1, 0.15) is 25.7 Å². The SMILES string of the molecule is O=C1Nc2ccc(F)cc2SCC12CCCC2. The average Bonchev–Trinajstić information content (AvgIpc) is 2.74. The largest absolute Gasteiger partial charge is 0.325 e. The van der Waals surface area contributed by atoms with Gasteiger partial charge >= 0.3 is 0 Å². The lowest BCUT2D eigenvalue weighted by atomic mass is 9.87. The molecule has 0 bridgehead atoms. The number of halogens is 1. The van der Waals surface area contributed by atoms with Gasteiger partial charge in [0.2, 0.25) is 5.91 Å². The summed E-state index contributed by atoms with van der Waals surface area (Å²) in [7, 11) is 0. The Kier molecular flexibility index (Phi) is 2.62. The van der Waals surface area contributed by atoms with Crippen molar-refractivity contribution < 1.29 is 9.18 Å². The molecular weight excluding hydrogens is 237 g/mol. The predicted octanol–water partition coefficient (Wildman–Crippen LogP) is 3.43. The van der Waals surface area contributed by atoms with E-state index in [-0.39, 0.29) is 17.1 Å². The molecule has 1 aliphatic heterocycles. The number of amides is 1. The number of anilines is 1. The van der Waals surface area contributed by atoms with E-state index in [1.807, 2.05) is 0 Å². The lowest BCUT2D eigenvalue weighted by Crippen LogP contribution is -2.34. The van der Waals surface area contributed by atoms with Gasteiger partial charge in [-0.05, 0) is 31.0 Å². The molecule has 1 saturated carbocycles. The van der Waals surface area contributed by atoms with E-state index in [4.69, 9.17) is 0 Å². The Bertz CT molecular complexity index is 468. The van der Waals surface area contributed by atoms with Gasteiger partial charge in [-0.15, -0.1) is 11.8 Å². The minimum absolute atomic E-state index is 0.118. The van der Waals surface area contributed by atoms with Crippen LogP contribution in [0.25, 0.3) is 0 Å². The zero-order chi connectivity index (χ0) is 11.9. The van der Waals surface area contributed by atoms with Crippen LogP contribution in [-0.2, 0) is 4.79 Å². The molecule has 0 radical (unpaired) electrons. The van der Waals surface area contributed by atoms with Crippen molar-refractivity contribution in [1.82, 2.24) is 0 Å². The van der Waals surface area contributed by atoms with Crippen LogP contribution in [-0.4, -0.2) is 11.7 Å². The normalized spacial score (nSPS) is 22.1. The first kappa shape index (κ1) is 11.1. The molecule has 1 N–H and O–H groups in total. The van der Waals surface area contributed by atoms with E-state index in [2.05, 4.69) is 5.32 Å². The number of thioether (sulfide) groups is 1. The molecule has 1 aromatic rings. The maximum Gasteiger partial charge on any atom is 0.231 e. The van der Waals surface area contributed by atoms with Crippen LogP contribution in [0.4, 0.5) is 10.1 Å². The highest BCUT2D eigenvalue weighted by Gasteiger charge is 2.42. The van der Waals surface area contributed by atoms with Gasteiger partial charge in [-0.2, -0.15) is 0 Å². The highest BCUT2D eigenvalue weighted by molar-refractivity contribution is 7.99. The van der Waals surface area contributed by atoms with E-state index in [1.54, 1.807) is 17.8 Å². The molecule has 2 nitrogen and oxygen atoms in total. The number of hydrogen-bond donors (Lipinski definition) is 1. The maximum atomic E-state index is 13.2. The van der Waals surface area contributed by atoms with E-state index >= 15 is 0 Å². The van der Waals surface area contributed by atoms with Crippen LogP contribution in [0, 0.1) is 11.2 Å². The zero-order valence-corrected chi connectivity index (χ0v) is 10.3. The van der Waals surface area contributed by atoms with Crippen molar-refractivity contribution in [2.45, 2.75) is 30.6 Å². The molecule has 1 fully saturated rings. The van der Waals surface area contributed by atoms with Crippen molar-refractivity contribution in [3.63, 3.8) is 0 Å². The Morgan fingerprint density at radius 2 is 2.06 bits per heavy atom. The monoisotopic (exact) mass is 251 g/mol. The van der Waals surface area contributed by atoms with Gasteiger partial charge in [-0.1, -0.05) is 12.8 Å². The minimum Gasteiger partial charge on any atom is -0.325 e.